The van der Waals surface area contributed by atoms with E-state index in [1.54, 1.807) is 41.3 Å². The predicted octanol–water partition coefficient (Wildman–Crippen LogP) is -0.0139. The van der Waals surface area contributed by atoms with E-state index in [-0.39, 0.29) is 48.4 Å². The maximum absolute atomic E-state index is 13.6. The van der Waals surface area contributed by atoms with E-state index in [4.69, 9.17) is 22.6 Å². The molecule has 38 heavy (non-hydrogen) atoms. The van der Waals surface area contributed by atoms with Crippen molar-refractivity contribution in [2.24, 2.45) is 17.2 Å². The van der Waals surface area contributed by atoms with Crippen molar-refractivity contribution in [2.75, 3.05) is 26.2 Å². The number of carbonyl (C=O) groups is 2. The molecule has 206 valence electrons. The van der Waals surface area contributed by atoms with Crippen LogP contribution in [-0.4, -0.2) is 69.2 Å². The zero-order valence-corrected chi connectivity index (χ0v) is 22.2. The minimum Gasteiger partial charge on any atom is -0.384 e. The second kappa shape index (κ2) is 13.5. The number of sulfonamides is 1. The Morgan fingerprint density at radius 1 is 1.21 bits per heavy atom. The fourth-order valence-corrected chi connectivity index (χ4v) is 5.81. The molecule has 3 rings (SSSR count). The summed E-state index contributed by atoms with van der Waals surface area (Å²) < 4.78 is 29.5. The Labute approximate surface area is 223 Å². The Balaban J connectivity index is 1.82. The van der Waals surface area contributed by atoms with Crippen LogP contribution in [0.2, 0.25) is 0 Å². The van der Waals surface area contributed by atoms with Crippen LogP contribution in [0.25, 0.3) is 0 Å². The molecule has 1 heterocycles. The predicted molar refractivity (Wildman–Crippen MR) is 147 cm³/mol. The van der Waals surface area contributed by atoms with Gasteiger partial charge in [-0.3, -0.25) is 15.0 Å². The van der Waals surface area contributed by atoms with Crippen molar-refractivity contribution in [3.8, 4) is 0 Å². The first kappa shape index (κ1) is 29.2. The lowest BCUT2D eigenvalue weighted by Gasteiger charge is -2.31. The molecule has 0 aromatic heterocycles. The number of nitrogens with one attached hydrogen (secondary N) is 3. The lowest BCUT2D eigenvalue weighted by molar-refractivity contribution is -0.132. The zero-order valence-electron chi connectivity index (χ0n) is 21.4. The molecule has 0 saturated heterocycles. The van der Waals surface area contributed by atoms with Gasteiger partial charge in [0.15, 0.2) is 0 Å². The van der Waals surface area contributed by atoms with E-state index in [1.807, 2.05) is 6.08 Å². The van der Waals surface area contributed by atoms with Crippen molar-refractivity contribution in [1.29, 1.82) is 5.41 Å². The Hall–Kier alpha value is -3.32. The van der Waals surface area contributed by atoms with Crippen LogP contribution in [0.5, 0.6) is 0 Å². The molecule has 12 heteroatoms. The van der Waals surface area contributed by atoms with Crippen LogP contribution >= 0.6 is 0 Å². The van der Waals surface area contributed by atoms with Crippen LogP contribution < -0.4 is 27.2 Å². The molecule has 11 nitrogen and oxygen atoms in total. The molecule has 1 unspecified atom stereocenters. The van der Waals surface area contributed by atoms with E-state index in [0.29, 0.717) is 37.2 Å². The maximum Gasteiger partial charge on any atom is 0.241 e. The van der Waals surface area contributed by atoms with Crippen LogP contribution in [0.3, 0.4) is 0 Å². The molecule has 1 aromatic carbocycles. The standard InChI is InChI=1S/C26H37N7O4S/c27-11-7-18-9-13-33(14-10-18)26(35)23(16-19-3-1-4-20(15-19)25(29)30)32-38(36,37)22-6-2-5-21(17-22)31-24(34)8-12-28/h1-6,9,15,21,23,32H,7-8,10-14,16-17,27-28H2,(H3,29,30)(H,31,34)/t21?,23-/m0/s1. The quantitative estimate of drug-likeness (QED) is 0.121. The monoisotopic (exact) mass is 543 g/mol. The molecule has 1 aliphatic heterocycles. The normalized spacial score (nSPS) is 18.4. The average molecular weight is 544 g/mol. The summed E-state index contributed by atoms with van der Waals surface area (Å²) in [7, 11) is -4.08. The van der Waals surface area contributed by atoms with Crippen molar-refractivity contribution in [3.05, 3.63) is 70.2 Å². The zero-order chi connectivity index (χ0) is 27.7. The van der Waals surface area contributed by atoms with Crippen molar-refractivity contribution >= 4 is 27.7 Å². The van der Waals surface area contributed by atoms with Crippen LogP contribution in [0.15, 0.2) is 59.0 Å². The number of amides is 2. The van der Waals surface area contributed by atoms with Gasteiger partial charge >= 0.3 is 0 Å². The number of hydrogen-bond donors (Lipinski definition) is 6. The molecule has 9 N–H and O–H groups in total. The first-order chi connectivity index (χ1) is 18.1. The van der Waals surface area contributed by atoms with Gasteiger partial charge in [-0.25, -0.2) is 8.42 Å². The van der Waals surface area contributed by atoms with Crippen LogP contribution in [0.4, 0.5) is 0 Å². The van der Waals surface area contributed by atoms with Gasteiger partial charge in [0.1, 0.15) is 11.9 Å². The molecule has 2 atom stereocenters. The summed E-state index contributed by atoms with van der Waals surface area (Å²) >= 11 is 0. The average Bonchev–Trinajstić information content (AvgIpc) is 2.89. The summed E-state index contributed by atoms with van der Waals surface area (Å²) in [6, 6.07) is 5.26. The third-order valence-electron chi connectivity index (χ3n) is 6.46. The first-order valence-corrected chi connectivity index (χ1v) is 14.1. The highest BCUT2D eigenvalue weighted by molar-refractivity contribution is 7.93. The number of allylic oxidation sites excluding steroid dienone is 2. The number of amidine groups is 1. The van der Waals surface area contributed by atoms with E-state index in [2.05, 4.69) is 10.0 Å². The van der Waals surface area contributed by atoms with Crippen molar-refractivity contribution in [2.45, 2.75) is 44.2 Å². The van der Waals surface area contributed by atoms with Gasteiger partial charge in [0.2, 0.25) is 21.8 Å². The molecule has 2 amide bonds. The summed E-state index contributed by atoms with van der Waals surface area (Å²) in [4.78, 5) is 27.3. The number of rotatable bonds is 12. The summed E-state index contributed by atoms with van der Waals surface area (Å²) in [5, 5.41) is 10.5. The number of nitrogen functional groups attached to an aromatic ring is 1. The van der Waals surface area contributed by atoms with Gasteiger partial charge in [-0.05, 0) is 43.5 Å². The molecular weight excluding hydrogens is 506 g/mol. The Morgan fingerprint density at radius 2 is 2.00 bits per heavy atom. The minimum absolute atomic E-state index is 0.0534. The molecule has 0 bridgehead atoms. The number of nitrogens with zero attached hydrogens (tertiary/aromatic N) is 1. The summed E-state index contributed by atoms with van der Waals surface area (Å²) in [5.41, 5.74) is 19.0. The van der Waals surface area contributed by atoms with E-state index in [1.165, 1.54) is 11.6 Å². The second-order valence-corrected chi connectivity index (χ2v) is 11.1. The molecular formula is C26H37N7O4S. The molecule has 0 fully saturated rings. The van der Waals surface area contributed by atoms with Gasteiger partial charge in [0.05, 0.1) is 10.9 Å². The minimum atomic E-state index is -4.08. The van der Waals surface area contributed by atoms with E-state index in [0.717, 1.165) is 6.42 Å². The molecule has 0 saturated carbocycles. The van der Waals surface area contributed by atoms with Gasteiger partial charge in [0.25, 0.3) is 0 Å². The lowest BCUT2D eigenvalue weighted by Crippen LogP contribution is -2.51. The number of hydrogen-bond acceptors (Lipinski definition) is 7. The number of nitrogens with two attached hydrogens (primary N) is 3. The third kappa shape index (κ3) is 8.09. The van der Waals surface area contributed by atoms with Gasteiger partial charge in [-0.2, -0.15) is 4.72 Å². The topological polar surface area (TPSA) is 197 Å². The smallest absolute Gasteiger partial charge is 0.241 e. The van der Waals surface area contributed by atoms with E-state index < -0.39 is 22.1 Å². The molecule has 1 aromatic rings. The highest BCUT2D eigenvalue weighted by Crippen LogP contribution is 2.21. The maximum atomic E-state index is 13.6. The Bertz CT molecular complexity index is 1240. The Morgan fingerprint density at radius 3 is 2.66 bits per heavy atom. The summed E-state index contributed by atoms with van der Waals surface area (Å²) in [6.07, 6.45) is 8.44. The number of benzene rings is 1. The van der Waals surface area contributed by atoms with Gasteiger partial charge in [0, 0.05) is 38.0 Å². The van der Waals surface area contributed by atoms with Crippen LogP contribution in [0.1, 0.15) is 36.8 Å². The Kier molecular flexibility index (Phi) is 10.4. The molecule has 0 radical (unpaired) electrons. The molecule has 1 aliphatic carbocycles. The fourth-order valence-electron chi connectivity index (χ4n) is 4.45. The highest BCUT2D eigenvalue weighted by Gasteiger charge is 2.32. The van der Waals surface area contributed by atoms with Gasteiger partial charge in [-0.15, -0.1) is 0 Å². The van der Waals surface area contributed by atoms with Gasteiger partial charge < -0.3 is 27.4 Å². The highest BCUT2D eigenvalue weighted by atomic mass is 32.2. The first-order valence-electron chi connectivity index (χ1n) is 12.6. The van der Waals surface area contributed by atoms with Crippen molar-refractivity contribution < 1.29 is 18.0 Å². The molecule has 0 spiro atoms. The van der Waals surface area contributed by atoms with Crippen LogP contribution in [-0.2, 0) is 26.0 Å². The summed E-state index contributed by atoms with van der Waals surface area (Å²) in [6.45, 7) is 1.57. The van der Waals surface area contributed by atoms with Gasteiger partial charge in [-0.1, -0.05) is 42.0 Å². The SMILES string of the molecule is N=C(N)c1cccc(C[C@H](NS(=O)(=O)C2=CC=CC(NC(=O)CCN)C2)C(=O)N2CC=C(CCN)CC2)c1. The number of carbonyl (C=O) groups excluding carboxylic acids is 2. The third-order valence-corrected chi connectivity index (χ3v) is 8.05. The fraction of sp³-hybridized carbons (Fsp3) is 0.423. The second-order valence-electron chi connectivity index (χ2n) is 9.36. The van der Waals surface area contributed by atoms with Crippen LogP contribution in [0, 0.1) is 5.41 Å². The lowest BCUT2D eigenvalue weighted by atomic mass is 10.0. The van der Waals surface area contributed by atoms with E-state index >= 15 is 0 Å². The summed E-state index contributed by atoms with van der Waals surface area (Å²) in [5.74, 6) is -0.727. The largest absolute Gasteiger partial charge is 0.384 e. The van der Waals surface area contributed by atoms with Crippen molar-refractivity contribution in [3.63, 3.8) is 0 Å². The van der Waals surface area contributed by atoms with E-state index in [9.17, 15) is 18.0 Å². The van der Waals surface area contributed by atoms with Crippen molar-refractivity contribution in [1.82, 2.24) is 14.9 Å². The molecule has 2 aliphatic rings.